The maximum Gasteiger partial charge on any atom is 0.270 e. The van der Waals surface area contributed by atoms with Crippen LogP contribution < -0.4 is 10.2 Å². The van der Waals surface area contributed by atoms with E-state index in [1.165, 1.54) is 17.1 Å². The van der Waals surface area contributed by atoms with E-state index in [1.54, 1.807) is 12.1 Å². The number of aryl methyl sites for hydroxylation is 2. The Kier molecular flexibility index (Phi) is 9.38. The fraction of sp³-hybridized carbons (Fsp3) is 0.355. The Morgan fingerprint density at radius 1 is 1.08 bits per heavy atom. The van der Waals surface area contributed by atoms with Crippen LogP contribution in [0.4, 0.5) is 14.5 Å². The van der Waals surface area contributed by atoms with Crippen molar-refractivity contribution >= 4 is 33.7 Å². The molecular weight excluding hydrogens is 562 g/mol. The third-order valence-electron chi connectivity index (χ3n) is 7.35. The predicted molar refractivity (Wildman–Crippen MR) is 157 cm³/mol. The standard InChI is InChI=1S/C21H24F2N2O.C10H11BrN2/c1-21(22,23)19-6-4-17(5-7-19)18-10-12-25(13-11-18)20-8-2-16(3-9-20)14-24-15-26;1-3-9-7(2)13-6-4-5-8(11)10(13)12-9/h2-9,15,18H,10-14H2,1H3,(H,24,26);4-6H,3H2,1-2H3. The number of benzene rings is 2. The number of anilines is 1. The minimum atomic E-state index is -2.78. The Labute approximate surface area is 237 Å². The van der Waals surface area contributed by atoms with E-state index in [0.717, 1.165) is 60.5 Å². The smallest absolute Gasteiger partial charge is 0.270 e. The van der Waals surface area contributed by atoms with Gasteiger partial charge in [0, 0.05) is 49.7 Å². The Balaban J connectivity index is 0.000000226. The fourth-order valence-electron chi connectivity index (χ4n) is 5.04. The molecule has 0 saturated carbocycles. The van der Waals surface area contributed by atoms with Crippen molar-refractivity contribution in [2.75, 3.05) is 18.0 Å². The molecule has 206 valence electrons. The van der Waals surface area contributed by atoms with E-state index >= 15 is 0 Å². The minimum absolute atomic E-state index is 0.0721. The van der Waals surface area contributed by atoms with Crippen molar-refractivity contribution in [3.8, 4) is 0 Å². The van der Waals surface area contributed by atoms with Gasteiger partial charge in [0.25, 0.3) is 5.92 Å². The van der Waals surface area contributed by atoms with Crippen molar-refractivity contribution in [3.05, 3.63) is 99.4 Å². The number of alkyl halides is 2. The average Bonchev–Trinajstić information content (AvgIpc) is 3.29. The molecule has 5 nitrogen and oxygen atoms in total. The van der Waals surface area contributed by atoms with Crippen LogP contribution in [0.5, 0.6) is 0 Å². The average molecular weight is 598 g/mol. The zero-order valence-electron chi connectivity index (χ0n) is 22.6. The van der Waals surface area contributed by atoms with Gasteiger partial charge in [-0.2, -0.15) is 0 Å². The lowest BCUT2D eigenvalue weighted by Crippen LogP contribution is -2.32. The number of nitrogens with zero attached hydrogens (tertiary/aromatic N) is 3. The number of nitrogens with one attached hydrogen (secondary N) is 1. The molecule has 8 heteroatoms. The Hall–Kier alpha value is -3.26. The van der Waals surface area contributed by atoms with E-state index in [0.29, 0.717) is 18.9 Å². The molecule has 1 fully saturated rings. The Bertz CT molecular complexity index is 1370. The molecule has 3 heterocycles. The Morgan fingerprint density at radius 2 is 1.74 bits per heavy atom. The predicted octanol–water partition coefficient (Wildman–Crippen LogP) is 7.40. The van der Waals surface area contributed by atoms with Gasteiger partial charge in [0.1, 0.15) is 0 Å². The number of hydrogen-bond donors (Lipinski definition) is 1. The van der Waals surface area contributed by atoms with Crippen molar-refractivity contribution in [2.24, 2.45) is 0 Å². The maximum absolute atomic E-state index is 13.3. The topological polar surface area (TPSA) is 49.6 Å². The zero-order valence-corrected chi connectivity index (χ0v) is 24.2. The molecule has 5 rings (SSSR count). The van der Waals surface area contributed by atoms with Crippen LogP contribution in [0.1, 0.15) is 60.7 Å². The summed E-state index contributed by atoms with van der Waals surface area (Å²) in [6.45, 7) is 7.60. The van der Waals surface area contributed by atoms with Gasteiger partial charge in [-0.1, -0.05) is 43.3 Å². The van der Waals surface area contributed by atoms with Gasteiger partial charge in [-0.15, -0.1) is 0 Å². The second kappa shape index (κ2) is 12.7. The third-order valence-corrected chi connectivity index (χ3v) is 7.97. The van der Waals surface area contributed by atoms with Gasteiger partial charge in [-0.25, -0.2) is 13.8 Å². The van der Waals surface area contributed by atoms with Crippen LogP contribution in [0.2, 0.25) is 0 Å². The van der Waals surface area contributed by atoms with Crippen molar-refractivity contribution < 1.29 is 13.6 Å². The first kappa shape index (κ1) is 28.7. The molecule has 39 heavy (non-hydrogen) atoms. The Morgan fingerprint density at radius 3 is 2.31 bits per heavy atom. The first-order chi connectivity index (χ1) is 18.7. The van der Waals surface area contributed by atoms with Gasteiger partial charge in [-0.05, 0) is 83.4 Å². The van der Waals surface area contributed by atoms with E-state index in [-0.39, 0.29) is 5.56 Å². The second-order valence-electron chi connectivity index (χ2n) is 9.98. The fourth-order valence-corrected chi connectivity index (χ4v) is 5.47. The van der Waals surface area contributed by atoms with E-state index < -0.39 is 5.92 Å². The van der Waals surface area contributed by atoms with E-state index in [2.05, 4.69) is 61.5 Å². The molecule has 1 saturated heterocycles. The lowest BCUT2D eigenvalue weighted by atomic mass is 9.88. The van der Waals surface area contributed by atoms with Gasteiger partial charge in [0.05, 0.1) is 10.2 Å². The molecule has 1 aliphatic rings. The quantitative estimate of drug-likeness (QED) is 0.226. The molecule has 1 N–H and O–H groups in total. The van der Waals surface area contributed by atoms with Crippen LogP contribution >= 0.6 is 15.9 Å². The summed E-state index contributed by atoms with van der Waals surface area (Å²) in [6.07, 6.45) is 5.75. The zero-order chi connectivity index (χ0) is 28.0. The lowest BCUT2D eigenvalue weighted by Gasteiger charge is -2.34. The third kappa shape index (κ3) is 7.04. The number of piperidine rings is 1. The summed E-state index contributed by atoms with van der Waals surface area (Å²) >= 11 is 3.49. The number of fused-ring (bicyclic) bond motifs is 1. The summed E-state index contributed by atoms with van der Waals surface area (Å²) in [6, 6.07) is 19.1. The summed E-state index contributed by atoms with van der Waals surface area (Å²) in [5.41, 5.74) is 6.89. The summed E-state index contributed by atoms with van der Waals surface area (Å²) < 4.78 is 29.8. The highest BCUT2D eigenvalue weighted by atomic mass is 79.9. The van der Waals surface area contributed by atoms with Crippen molar-refractivity contribution in [2.45, 2.75) is 58.4 Å². The SMILES string of the molecule is CC(F)(F)c1ccc(C2CCN(c3ccc(CNC=O)cc3)CC2)cc1.CCc1nc2c(Br)cccn2c1C. The minimum Gasteiger partial charge on any atom is -0.371 e. The van der Waals surface area contributed by atoms with Crippen LogP contribution in [0, 0.1) is 6.92 Å². The van der Waals surface area contributed by atoms with Gasteiger partial charge in [-0.3, -0.25) is 4.79 Å². The molecule has 2 aromatic carbocycles. The van der Waals surface area contributed by atoms with Gasteiger partial charge < -0.3 is 14.6 Å². The largest absolute Gasteiger partial charge is 0.371 e. The molecule has 0 aliphatic carbocycles. The highest BCUT2D eigenvalue weighted by Gasteiger charge is 2.25. The van der Waals surface area contributed by atoms with E-state index in [9.17, 15) is 13.6 Å². The van der Waals surface area contributed by atoms with Crippen LogP contribution in [-0.4, -0.2) is 28.9 Å². The molecule has 0 bridgehead atoms. The summed E-state index contributed by atoms with van der Waals surface area (Å²) in [4.78, 5) is 17.2. The van der Waals surface area contributed by atoms with Crippen LogP contribution in [0.3, 0.4) is 0 Å². The molecule has 2 aromatic heterocycles. The van der Waals surface area contributed by atoms with Gasteiger partial charge in [0.15, 0.2) is 5.65 Å². The molecule has 4 aromatic rings. The number of aromatic nitrogens is 2. The van der Waals surface area contributed by atoms with Gasteiger partial charge >= 0.3 is 0 Å². The number of imidazole rings is 1. The van der Waals surface area contributed by atoms with Crippen molar-refractivity contribution in [1.82, 2.24) is 14.7 Å². The highest BCUT2D eigenvalue weighted by Crippen LogP contribution is 2.33. The number of hydrogen-bond acceptors (Lipinski definition) is 3. The second-order valence-corrected chi connectivity index (χ2v) is 10.8. The molecule has 1 aliphatic heterocycles. The monoisotopic (exact) mass is 596 g/mol. The van der Waals surface area contributed by atoms with Crippen molar-refractivity contribution in [3.63, 3.8) is 0 Å². The van der Waals surface area contributed by atoms with E-state index in [4.69, 9.17) is 0 Å². The lowest BCUT2D eigenvalue weighted by molar-refractivity contribution is -0.109. The number of amides is 1. The molecule has 0 radical (unpaired) electrons. The van der Waals surface area contributed by atoms with Crippen molar-refractivity contribution in [1.29, 1.82) is 0 Å². The van der Waals surface area contributed by atoms with Crippen LogP contribution in [0.15, 0.2) is 71.3 Å². The first-order valence-corrected chi connectivity index (χ1v) is 14.1. The van der Waals surface area contributed by atoms with E-state index in [1.807, 2.05) is 42.6 Å². The summed E-state index contributed by atoms with van der Waals surface area (Å²) in [7, 11) is 0. The van der Waals surface area contributed by atoms with Crippen LogP contribution in [-0.2, 0) is 23.7 Å². The van der Waals surface area contributed by atoms with Crippen LogP contribution in [0.25, 0.3) is 5.65 Å². The summed E-state index contributed by atoms with van der Waals surface area (Å²) in [5.74, 6) is -2.36. The molecule has 0 unspecified atom stereocenters. The number of carbonyl (C=O) groups excluding carboxylic acids is 1. The molecule has 1 amide bonds. The summed E-state index contributed by atoms with van der Waals surface area (Å²) in [5, 5.41) is 2.66. The first-order valence-electron chi connectivity index (χ1n) is 13.3. The number of halogens is 3. The van der Waals surface area contributed by atoms with Gasteiger partial charge in [0.2, 0.25) is 6.41 Å². The maximum atomic E-state index is 13.3. The number of rotatable bonds is 7. The molecule has 0 spiro atoms. The molecular formula is C31H35BrF2N4O. The molecule has 0 atom stereocenters. The highest BCUT2D eigenvalue weighted by molar-refractivity contribution is 9.10. The normalized spacial score (nSPS) is 14.2. The number of carbonyl (C=O) groups is 1. The number of pyridine rings is 1.